The van der Waals surface area contributed by atoms with Crippen molar-refractivity contribution in [1.29, 1.82) is 0 Å². The summed E-state index contributed by atoms with van der Waals surface area (Å²) in [6, 6.07) is 21.2. The third kappa shape index (κ3) is 4.85. The average Bonchev–Trinajstić information content (AvgIpc) is 2.73. The van der Waals surface area contributed by atoms with Crippen molar-refractivity contribution in [2.45, 2.75) is 19.5 Å². The first-order valence-electron chi connectivity index (χ1n) is 8.85. The maximum absolute atomic E-state index is 12.5. The van der Waals surface area contributed by atoms with Crippen LogP contribution in [0.3, 0.4) is 0 Å². The Morgan fingerprint density at radius 3 is 2.59 bits per heavy atom. The van der Waals surface area contributed by atoms with Crippen molar-refractivity contribution >= 4 is 11.6 Å². The highest BCUT2D eigenvalue weighted by Crippen LogP contribution is 2.19. The Morgan fingerprint density at radius 2 is 1.81 bits per heavy atom. The van der Waals surface area contributed by atoms with Crippen LogP contribution in [0.15, 0.2) is 72.9 Å². The fourth-order valence-corrected chi connectivity index (χ4v) is 2.81. The van der Waals surface area contributed by atoms with Crippen molar-refractivity contribution < 1.29 is 9.53 Å². The monoisotopic (exact) mass is 361 g/mol. The number of carbonyl (C=O) groups is 1. The van der Waals surface area contributed by atoms with E-state index in [4.69, 9.17) is 4.74 Å². The van der Waals surface area contributed by atoms with Crippen molar-refractivity contribution in [2.24, 2.45) is 0 Å². The number of ether oxygens (including phenoxy) is 1. The lowest BCUT2D eigenvalue weighted by Crippen LogP contribution is -2.27. The summed E-state index contributed by atoms with van der Waals surface area (Å²) < 4.78 is 5.37. The van der Waals surface area contributed by atoms with Crippen molar-refractivity contribution in [3.05, 3.63) is 89.7 Å². The molecule has 1 heterocycles. The van der Waals surface area contributed by atoms with E-state index < -0.39 is 0 Å². The summed E-state index contributed by atoms with van der Waals surface area (Å²) >= 11 is 0. The standard InChI is InChI=1S/C22H23N3O2/c1-16(17-8-4-3-5-9-17)25-22(26)20-14-19(12-13-23-20)24-15-18-10-6-7-11-21(18)27-2/h3-14,16H,15H2,1-2H3,(H,23,24)(H,25,26). The molecular formula is C22H23N3O2. The number of rotatable bonds is 7. The van der Waals surface area contributed by atoms with Gasteiger partial charge in [0.15, 0.2) is 0 Å². The largest absolute Gasteiger partial charge is 0.496 e. The number of anilines is 1. The quantitative estimate of drug-likeness (QED) is 0.662. The Morgan fingerprint density at radius 1 is 1.07 bits per heavy atom. The topological polar surface area (TPSA) is 63.2 Å². The number of hydrogen-bond acceptors (Lipinski definition) is 4. The van der Waals surface area contributed by atoms with Crippen LogP contribution >= 0.6 is 0 Å². The van der Waals surface area contributed by atoms with Crippen molar-refractivity contribution in [3.63, 3.8) is 0 Å². The van der Waals surface area contributed by atoms with E-state index in [2.05, 4.69) is 15.6 Å². The minimum atomic E-state index is -0.202. The molecule has 0 aliphatic carbocycles. The predicted molar refractivity (Wildman–Crippen MR) is 107 cm³/mol. The summed E-state index contributed by atoms with van der Waals surface area (Å²) in [6.07, 6.45) is 1.63. The Labute approximate surface area is 159 Å². The molecule has 1 atom stereocenters. The zero-order chi connectivity index (χ0) is 19.1. The van der Waals surface area contributed by atoms with E-state index in [9.17, 15) is 4.79 Å². The van der Waals surface area contributed by atoms with E-state index in [1.807, 2.05) is 67.6 Å². The summed E-state index contributed by atoms with van der Waals surface area (Å²) in [5.41, 5.74) is 3.30. The lowest BCUT2D eigenvalue weighted by Gasteiger charge is -2.14. The zero-order valence-corrected chi connectivity index (χ0v) is 15.5. The lowest BCUT2D eigenvalue weighted by molar-refractivity contribution is 0.0935. The van der Waals surface area contributed by atoms with Gasteiger partial charge in [-0.2, -0.15) is 0 Å². The van der Waals surface area contributed by atoms with Crippen molar-refractivity contribution in [2.75, 3.05) is 12.4 Å². The molecule has 2 N–H and O–H groups in total. The van der Waals surface area contributed by atoms with Gasteiger partial charge in [-0.1, -0.05) is 48.5 Å². The number of nitrogens with zero attached hydrogens (tertiary/aromatic N) is 1. The predicted octanol–water partition coefficient (Wildman–Crippen LogP) is 4.19. The second-order valence-corrected chi connectivity index (χ2v) is 6.20. The molecule has 1 amide bonds. The molecule has 0 saturated carbocycles. The van der Waals surface area contributed by atoms with E-state index in [1.165, 1.54) is 0 Å². The van der Waals surface area contributed by atoms with E-state index in [0.717, 1.165) is 22.6 Å². The van der Waals surface area contributed by atoms with Crippen molar-refractivity contribution in [3.8, 4) is 5.75 Å². The van der Waals surface area contributed by atoms with Gasteiger partial charge in [0, 0.05) is 24.0 Å². The van der Waals surface area contributed by atoms with Crippen LogP contribution in [0.1, 0.15) is 34.6 Å². The van der Waals surface area contributed by atoms with Gasteiger partial charge in [0.2, 0.25) is 0 Å². The first kappa shape index (κ1) is 18.5. The molecule has 1 aromatic heterocycles. The summed E-state index contributed by atoms with van der Waals surface area (Å²) in [5.74, 6) is 0.626. The number of benzene rings is 2. The maximum Gasteiger partial charge on any atom is 0.270 e. The molecule has 0 saturated heterocycles. The molecule has 0 radical (unpaired) electrons. The van der Waals surface area contributed by atoms with Gasteiger partial charge in [-0.05, 0) is 30.7 Å². The van der Waals surface area contributed by atoms with E-state index >= 15 is 0 Å². The van der Waals surface area contributed by atoms with Gasteiger partial charge in [-0.25, -0.2) is 0 Å². The minimum absolute atomic E-state index is 0.0919. The van der Waals surface area contributed by atoms with Crippen LogP contribution < -0.4 is 15.4 Å². The molecule has 1 unspecified atom stereocenters. The fourth-order valence-electron chi connectivity index (χ4n) is 2.81. The molecule has 3 rings (SSSR count). The van der Waals surface area contributed by atoms with Gasteiger partial charge in [0.05, 0.1) is 13.2 Å². The Bertz CT molecular complexity index is 897. The van der Waals surface area contributed by atoms with Gasteiger partial charge < -0.3 is 15.4 Å². The SMILES string of the molecule is COc1ccccc1CNc1ccnc(C(=O)NC(C)c2ccccc2)c1. The van der Waals surface area contributed by atoms with E-state index in [1.54, 1.807) is 19.4 Å². The molecule has 2 aromatic carbocycles. The number of nitrogens with one attached hydrogen (secondary N) is 2. The molecule has 5 nitrogen and oxygen atoms in total. The van der Waals surface area contributed by atoms with Gasteiger partial charge in [-0.3, -0.25) is 9.78 Å². The highest BCUT2D eigenvalue weighted by atomic mass is 16.5. The molecule has 0 bridgehead atoms. The number of amides is 1. The Kier molecular flexibility index (Phi) is 6.05. The molecule has 0 fully saturated rings. The molecule has 0 spiro atoms. The molecule has 0 aliphatic heterocycles. The minimum Gasteiger partial charge on any atom is -0.496 e. The summed E-state index contributed by atoms with van der Waals surface area (Å²) in [5, 5.41) is 6.30. The highest BCUT2D eigenvalue weighted by Gasteiger charge is 2.13. The normalized spacial score (nSPS) is 11.5. The maximum atomic E-state index is 12.5. The number of hydrogen-bond donors (Lipinski definition) is 2. The van der Waals surface area contributed by atoms with Crippen LogP contribution in [0.4, 0.5) is 5.69 Å². The molecular weight excluding hydrogens is 338 g/mol. The first-order valence-corrected chi connectivity index (χ1v) is 8.85. The second-order valence-electron chi connectivity index (χ2n) is 6.20. The summed E-state index contributed by atoms with van der Waals surface area (Å²) in [6.45, 7) is 2.55. The van der Waals surface area contributed by atoms with Gasteiger partial charge >= 0.3 is 0 Å². The number of para-hydroxylation sites is 1. The van der Waals surface area contributed by atoms with Crippen molar-refractivity contribution in [1.82, 2.24) is 10.3 Å². The smallest absolute Gasteiger partial charge is 0.270 e. The fraction of sp³-hybridized carbons (Fsp3) is 0.182. The van der Waals surface area contributed by atoms with E-state index in [-0.39, 0.29) is 11.9 Å². The van der Waals surface area contributed by atoms with E-state index in [0.29, 0.717) is 12.2 Å². The molecule has 5 heteroatoms. The Balaban J connectivity index is 1.65. The Hall–Kier alpha value is -3.34. The second kappa shape index (κ2) is 8.85. The lowest BCUT2D eigenvalue weighted by atomic mass is 10.1. The first-order chi connectivity index (χ1) is 13.2. The number of pyridine rings is 1. The van der Waals surface area contributed by atoms with Crippen LogP contribution in [0, 0.1) is 0 Å². The molecule has 27 heavy (non-hydrogen) atoms. The zero-order valence-electron chi connectivity index (χ0n) is 15.5. The van der Waals surface area contributed by atoms with Gasteiger partial charge in [-0.15, -0.1) is 0 Å². The third-order valence-electron chi connectivity index (χ3n) is 4.32. The highest BCUT2D eigenvalue weighted by molar-refractivity contribution is 5.93. The summed E-state index contributed by atoms with van der Waals surface area (Å²) in [4.78, 5) is 16.7. The molecule has 138 valence electrons. The van der Waals surface area contributed by atoms with Gasteiger partial charge in [0.1, 0.15) is 11.4 Å². The number of aromatic nitrogens is 1. The van der Waals surface area contributed by atoms with Crippen LogP contribution in [0.5, 0.6) is 5.75 Å². The average molecular weight is 361 g/mol. The van der Waals surface area contributed by atoms with Crippen LogP contribution in [0.25, 0.3) is 0 Å². The van der Waals surface area contributed by atoms with Crippen LogP contribution in [0.2, 0.25) is 0 Å². The summed E-state index contributed by atoms with van der Waals surface area (Å²) in [7, 11) is 1.65. The molecule has 0 aliphatic rings. The molecule has 3 aromatic rings. The van der Waals surface area contributed by atoms with Gasteiger partial charge in [0.25, 0.3) is 5.91 Å². The number of carbonyl (C=O) groups excluding carboxylic acids is 1. The third-order valence-corrected chi connectivity index (χ3v) is 4.32. The van der Waals surface area contributed by atoms with Crippen LogP contribution in [-0.4, -0.2) is 18.0 Å². The van der Waals surface area contributed by atoms with Crippen LogP contribution in [-0.2, 0) is 6.54 Å². The number of methoxy groups -OCH3 is 1.